The van der Waals surface area contributed by atoms with Crippen molar-refractivity contribution in [1.82, 2.24) is 14.5 Å². The average molecular weight is 557 g/mol. The van der Waals surface area contributed by atoms with Crippen LogP contribution in [0.15, 0.2) is 15.9 Å². The molecule has 3 unspecified atom stereocenters. The van der Waals surface area contributed by atoms with Gasteiger partial charge in [-0.25, -0.2) is 23.3 Å². The van der Waals surface area contributed by atoms with Crippen LogP contribution >= 0.6 is 35.1 Å². The molecular formula is C11H16ClN4O14P3. The number of rotatable bonds is 8. The van der Waals surface area contributed by atoms with Gasteiger partial charge in [0.1, 0.15) is 18.5 Å². The number of phosphoric ester groups is 1. The van der Waals surface area contributed by atoms with Crippen molar-refractivity contribution in [2.75, 3.05) is 0 Å². The van der Waals surface area contributed by atoms with Crippen LogP contribution in [0.25, 0.3) is 0 Å². The van der Waals surface area contributed by atoms with Crippen molar-refractivity contribution in [3.8, 4) is 12.0 Å². The highest BCUT2D eigenvalue weighted by Crippen LogP contribution is 2.66. The van der Waals surface area contributed by atoms with Gasteiger partial charge in [-0.15, -0.1) is 0 Å². The predicted octanol–water partition coefficient (Wildman–Crippen LogP) is -2.18. The highest BCUT2D eigenvalue weighted by atomic mass is 35.5. The highest BCUT2D eigenvalue weighted by Gasteiger charge is 2.58. The predicted molar refractivity (Wildman–Crippen MR) is 104 cm³/mol. The lowest BCUT2D eigenvalue weighted by Gasteiger charge is -2.26. The van der Waals surface area contributed by atoms with Crippen LogP contribution in [-0.2, 0) is 31.6 Å². The topological polar surface area (TPSA) is 283 Å². The molecule has 0 aromatic carbocycles. The van der Waals surface area contributed by atoms with E-state index in [2.05, 4.69) is 24.0 Å². The smallest absolute Gasteiger partial charge is 0.387 e. The molecule has 186 valence electrons. The molecule has 0 saturated carbocycles. The number of alkyl halides is 1. The molecule has 33 heavy (non-hydrogen) atoms. The molecule has 0 aliphatic carbocycles. The maximum atomic E-state index is 12.1. The molecule has 22 heteroatoms. The fourth-order valence-electron chi connectivity index (χ4n) is 2.68. The average Bonchev–Trinajstić information content (AvgIpc) is 2.83. The van der Waals surface area contributed by atoms with Crippen LogP contribution in [0.1, 0.15) is 13.2 Å². The summed E-state index contributed by atoms with van der Waals surface area (Å²) < 4.78 is 52.0. The summed E-state index contributed by atoms with van der Waals surface area (Å²) in [5, 5.41) is 10.6. The molecule has 7 atom stereocenters. The van der Waals surface area contributed by atoms with Gasteiger partial charge in [-0.3, -0.25) is 14.1 Å². The van der Waals surface area contributed by atoms with E-state index in [1.165, 1.54) is 0 Å². The molecule has 1 aliphatic heterocycles. The Labute approximate surface area is 187 Å². The lowest BCUT2D eigenvalue weighted by Crippen LogP contribution is -2.45. The standard InChI is InChI=1S/C11H16ClN4O14P3/c1-5(28-32(23,24)30-33(25,26)29-31(20,21)22)6-7(17)11(12,2-3-13)8(27-6)16-4-14-9(18)15-10(16)19/h4-8,17H,13H2,1H3,(H,23,24)(H,25,26)(H,15,18,19)(H2,20,21,22)/t5-,6+,7-,8+,11?/m0/s1. The molecule has 8 N–H and O–H groups in total. The van der Waals surface area contributed by atoms with E-state index in [0.717, 1.165) is 6.92 Å². The summed E-state index contributed by atoms with van der Waals surface area (Å²) in [6.45, 7) is 0.996. The zero-order valence-electron chi connectivity index (χ0n) is 16.0. The van der Waals surface area contributed by atoms with Crippen LogP contribution in [0.2, 0.25) is 0 Å². The number of aliphatic hydroxyl groups excluding tert-OH is 1. The minimum atomic E-state index is -5.80. The van der Waals surface area contributed by atoms with Gasteiger partial charge in [0, 0.05) is 6.04 Å². The van der Waals surface area contributed by atoms with E-state index in [1.807, 2.05) is 6.04 Å². The van der Waals surface area contributed by atoms with Crippen molar-refractivity contribution in [1.29, 1.82) is 0 Å². The number of ether oxygens (including phenoxy) is 1. The normalized spacial score (nSPS) is 30.0. The zero-order valence-corrected chi connectivity index (χ0v) is 19.4. The van der Waals surface area contributed by atoms with E-state index in [4.69, 9.17) is 31.9 Å². The van der Waals surface area contributed by atoms with Crippen molar-refractivity contribution < 1.29 is 56.3 Å². The van der Waals surface area contributed by atoms with E-state index >= 15 is 0 Å². The Hall–Kier alpha value is -1.41. The molecule has 18 nitrogen and oxygen atoms in total. The molecule has 1 aromatic rings. The SMILES string of the molecule is C[C@H](OP(=O)(O)OP(=O)(O)OP(=O)(O)O)[C@H]1O[C@@H](n2cnc(=O)[nH]c2=O)C(Cl)(C#CN)[C@H]1O. The van der Waals surface area contributed by atoms with Gasteiger partial charge in [0.25, 0.3) is 0 Å². The van der Waals surface area contributed by atoms with E-state index in [0.29, 0.717) is 10.9 Å². The molecule has 1 aromatic heterocycles. The zero-order chi connectivity index (χ0) is 25.4. The van der Waals surface area contributed by atoms with Crippen LogP contribution < -0.4 is 17.1 Å². The molecule has 1 aliphatic rings. The van der Waals surface area contributed by atoms with Gasteiger partial charge in [0.05, 0.1) is 6.10 Å². The minimum Gasteiger partial charge on any atom is -0.387 e. The molecule has 0 amide bonds. The summed E-state index contributed by atoms with van der Waals surface area (Å²) in [7, 11) is -17.0. The summed E-state index contributed by atoms with van der Waals surface area (Å²) in [6, 6.07) is 1.91. The lowest BCUT2D eigenvalue weighted by molar-refractivity contribution is -0.0752. The number of hydrogen-bond donors (Lipinski definition) is 7. The largest absolute Gasteiger partial charge is 0.490 e. The maximum Gasteiger partial charge on any atom is 0.490 e. The molecule has 2 rings (SSSR count). The van der Waals surface area contributed by atoms with Crippen LogP contribution in [0.5, 0.6) is 0 Å². The quantitative estimate of drug-likeness (QED) is 0.0774. The summed E-state index contributed by atoms with van der Waals surface area (Å²) in [5.41, 5.74) is 3.05. The van der Waals surface area contributed by atoms with E-state index in [-0.39, 0.29) is 0 Å². The number of nitrogens with two attached hydrogens (primary N) is 1. The van der Waals surface area contributed by atoms with E-state index in [9.17, 15) is 38.2 Å². The molecule has 0 spiro atoms. The van der Waals surface area contributed by atoms with E-state index in [1.54, 1.807) is 4.98 Å². The molecule has 0 radical (unpaired) electrons. The molecule has 2 heterocycles. The number of H-pyrrole nitrogens is 1. The summed E-state index contributed by atoms with van der Waals surface area (Å²) in [5.74, 6) is 2.20. The first-order chi connectivity index (χ1) is 14.9. The van der Waals surface area contributed by atoms with Crippen molar-refractivity contribution in [2.24, 2.45) is 5.73 Å². The van der Waals surface area contributed by atoms with Crippen LogP contribution in [0.3, 0.4) is 0 Å². The van der Waals surface area contributed by atoms with Crippen LogP contribution in [0, 0.1) is 12.0 Å². The van der Waals surface area contributed by atoms with Gasteiger partial charge < -0.3 is 35.2 Å². The Balaban J connectivity index is 2.32. The lowest BCUT2D eigenvalue weighted by atomic mass is 9.97. The summed E-state index contributed by atoms with van der Waals surface area (Å²) >= 11 is 6.31. The second-order valence-electron chi connectivity index (χ2n) is 6.22. The van der Waals surface area contributed by atoms with Crippen LogP contribution in [-0.4, -0.2) is 62.4 Å². The van der Waals surface area contributed by atoms with Gasteiger partial charge in [-0.05, 0) is 12.8 Å². The van der Waals surface area contributed by atoms with Gasteiger partial charge in [-0.2, -0.15) is 13.6 Å². The number of hydrogen-bond acceptors (Lipinski definition) is 12. The number of nitrogens with zero attached hydrogens (tertiary/aromatic N) is 2. The third-order valence-electron chi connectivity index (χ3n) is 3.83. The first-order valence-corrected chi connectivity index (χ1v) is 13.1. The second-order valence-corrected chi connectivity index (χ2v) is 11.2. The number of aromatic nitrogens is 3. The van der Waals surface area contributed by atoms with Crippen LogP contribution in [0.4, 0.5) is 0 Å². The molecule has 1 fully saturated rings. The van der Waals surface area contributed by atoms with Crippen molar-refractivity contribution in [2.45, 2.75) is 36.3 Å². The molecular weight excluding hydrogens is 541 g/mol. The fraction of sp³-hybridized carbons (Fsp3) is 0.545. The van der Waals surface area contributed by atoms with Gasteiger partial charge >= 0.3 is 34.8 Å². The Morgan fingerprint density at radius 2 is 1.88 bits per heavy atom. The Kier molecular flexibility index (Phi) is 8.17. The number of aliphatic hydroxyl groups is 1. The van der Waals surface area contributed by atoms with Gasteiger partial charge in [0.15, 0.2) is 11.1 Å². The van der Waals surface area contributed by atoms with Gasteiger partial charge in [-0.1, -0.05) is 11.6 Å². The van der Waals surface area contributed by atoms with E-state index < -0.39 is 64.3 Å². The maximum absolute atomic E-state index is 12.1. The van der Waals surface area contributed by atoms with Crippen molar-refractivity contribution >= 4 is 35.1 Å². The summed E-state index contributed by atoms with van der Waals surface area (Å²) in [6.07, 6.45) is -6.32. The monoisotopic (exact) mass is 556 g/mol. The Morgan fingerprint density at radius 3 is 2.39 bits per heavy atom. The minimum absolute atomic E-state index is 0.625. The molecule has 0 bridgehead atoms. The first kappa shape index (κ1) is 27.8. The highest BCUT2D eigenvalue weighted by molar-refractivity contribution is 7.66. The molecule has 1 saturated heterocycles. The second kappa shape index (κ2) is 9.68. The fourth-order valence-corrected chi connectivity index (χ4v) is 6.22. The third-order valence-corrected chi connectivity index (χ3v) is 8.26. The summed E-state index contributed by atoms with van der Waals surface area (Å²) in [4.78, 5) is 62.2. The Bertz CT molecular complexity index is 1220. The number of halogens is 1. The number of phosphoric acid groups is 3. The van der Waals surface area contributed by atoms with Crippen molar-refractivity contribution in [3.63, 3.8) is 0 Å². The Morgan fingerprint density at radius 1 is 1.27 bits per heavy atom. The number of aromatic amines is 1. The van der Waals surface area contributed by atoms with Gasteiger partial charge in [0.2, 0.25) is 0 Å². The van der Waals surface area contributed by atoms with Crippen molar-refractivity contribution in [3.05, 3.63) is 27.3 Å². The first-order valence-electron chi connectivity index (χ1n) is 8.15. The number of nitrogens with one attached hydrogen (secondary N) is 1. The third kappa shape index (κ3) is 6.81.